The van der Waals surface area contributed by atoms with E-state index in [1.807, 2.05) is 54.9 Å². The van der Waals surface area contributed by atoms with E-state index in [1.54, 1.807) is 12.1 Å². The topological polar surface area (TPSA) is 69.2 Å². The first-order valence-electron chi connectivity index (χ1n) is 8.13. The summed E-state index contributed by atoms with van der Waals surface area (Å²) < 4.78 is 4.12. The van der Waals surface area contributed by atoms with Gasteiger partial charge in [0.05, 0.1) is 21.3 Å². The van der Waals surface area contributed by atoms with E-state index in [2.05, 4.69) is 10.1 Å². The van der Waals surface area contributed by atoms with Crippen molar-refractivity contribution >= 4 is 38.2 Å². The standard InChI is InChI=1S/C19H16N4O2S/c1-12-13-7-3-4-8-14(13)18(25)23(21-12)11-17(24)20-19-22(2)15-9-5-6-10-16(15)26-19/h3-10H,11H2,1-2H3. The minimum Gasteiger partial charge on any atom is -0.319 e. The minimum absolute atomic E-state index is 0.182. The number of carbonyl (C=O) groups excluding carboxylic acids is 1. The predicted octanol–water partition coefficient (Wildman–Crippen LogP) is 2.39. The fourth-order valence-electron chi connectivity index (χ4n) is 2.97. The number of fused-ring (bicyclic) bond motifs is 2. The second kappa shape index (κ2) is 6.34. The largest absolute Gasteiger partial charge is 0.319 e. The molecule has 0 aliphatic rings. The summed E-state index contributed by atoms with van der Waals surface area (Å²) in [5.41, 5.74) is 1.44. The van der Waals surface area contributed by atoms with Gasteiger partial charge in [-0.2, -0.15) is 10.1 Å². The first-order valence-corrected chi connectivity index (χ1v) is 8.95. The van der Waals surface area contributed by atoms with Crippen LogP contribution in [0.15, 0.2) is 58.3 Å². The van der Waals surface area contributed by atoms with E-state index in [0.29, 0.717) is 15.9 Å². The lowest BCUT2D eigenvalue weighted by molar-refractivity contribution is -0.118. The van der Waals surface area contributed by atoms with Crippen LogP contribution in [-0.2, 0) is 18.4 Å². The zero-order valence-electron chi connectivity index (χ0n) is 14.3. The zero-order chi connectivity index (χ0) is 18.3. The number of thiazole rings is 1. The van der Waals surface area contributed by atoms with Crippen LogP contribution < -0.4 is 10.4 Å². The lowest BCUT2D eigenvalue weighted by atomic mass is 10.1. The zero-order valence-corrected chi connectivity index (χ0v) is 15.2. The Kier molecular flexibility index (Phi) is 4.00. The Morgan fingerprint density at radius 1 is 1.12 bits per heavy atom. The minimum atomic E-state index is -0.406. The molecule has 0 spiro atoms. The smallest absolute Gasteiger partial charge is 0.275 e. The molecule has 2 aromatic heterocycles. The lowest BCUT2D eigenvalue weighted by Gasteiger charge is -2.06. The number of hydrogen-bond donors (Lipinski definition) is 0. The van der Waals surface area contributed by atoms with Crippen molar-refractivity contribution in [2.45, 2.75) is 13.5 Å². The summed E-state index contributed by atoms with van der Waals surface area (Å²) in [5.74, 6) is -0.406. The molecule has 1 amide bonds. The average Bonchev–Trinajstić information content (AvgIpc) is 2.95. The molecule has 0 aliphatic carbocycles. The second-order valence-corrected chi connectivity index (χ2v) is 7.02. The molecule has 2 heterocycles. The van der Waals surface area contributed by atoms with Crippen LogP contribution in [0.5, 0.6) is 0 Å². The molecule has 6 nitrogen and oxygen atoms in total. The van der Waals surface area contributed by atoms with Gasteiger partial charge in [-0.05, 0) is 25.1 Å². The summed E-state index contributed by atoms with van der Waals surface area (Å²) in [6, 6.07) is 15.1. The Bertz CT molecular complexity index is 1280. The molecule has 0 aliphatic heterocycles. The molecule has 0 saturated heterocycles. The Balaban J connectivity index is 1.74. The van der Waals surface area contributed by atoms with Gasteiger partial charge in [0.2, 0.25) is 0 Å². The van der Waals surface area contributed by atoms with Crippen LogP contribution in [0, 0.1) is 6.92 Å². The quantitative estimate of drug-likeness (QED) is 0.548. The molecule has 2 aromatic carbocycles. The van der Waals surface area contributed by atoms with E-state index in [0.717, 1.165) is 15.6 Å². The molecule has 0 fully saturated rings. The summed E-state index contributed by atoms with van der Waals surface area (Å²) in [7, 11) is 1.87. The maximum atomic E-state index is 12.6. The lowest BCUT2D eigenvalue weighted by Crippen LogP contribution is -2.28. The number of aromatic nitrogens is 3. The van der Waals surface area contributed by atoms with Gasteiger partial charge < -0.3 is 4.57 Å². The molecule has 0 saturated carbocycles. The van der Waals surface area contributed by atoms with E-state index in [9.17, 15) is 9.59 Å². The summed E-state index contributed by atoms with van der Waals surface area (Å²) >= 11 is 1.44. The number of benzene rings is 2. The third-order valence-corrected chi connectivity index (χ3v) is 5.39. The summed E-state index contributed by atoms with van der Waals surface area (Å²) in [4.78, 5) is 29.8. The molecular formula is C19H16N4O2S. The second-order valence-electron chi connectivity index (χ2n) is 6.01. The average molecular weight is 364 g/mol. The normalized spacial score (nSPS) is 12.2. The highest BCUT2D eigenvalue weighted by molar-refractivity contribution is 7.16. The summed E-state index contributed by atoms with van der Waals surface area (Å²) in [6.07, 6.45) is 0. The van der Waals surface area contributed by atoms with Crippen molar-refractivity contribution in [3.63, 3.8) is 0 Å². The van der Waals surface area contributed by atoms with Crippen LogP contribution in [0.2, 0.25) is 0 Å². The van der Waals surface area contributed by atoms with Crippen LogP contribution in [0.1, 0.15) is 5.69 Å². The molecule has 0 unspecified atom stereocenters. The van der Waals surface area contributed by atoms with E-state index in [1.165, 1.54) is 16.0 Å². The van der Waals surface area contributed by atoms with Crippen LogP contribution in [0.25, 0.3) is 21.0 Å². The van der Waals surface area contributed by atoms with Gasteiger partial charge in [-0.25, -0.2) is 4.68 Å². The fourth-order valence-corrected chi connectivity index (χ4v) is 4.01. The van der Waals surface area contributed by atoms with Gasteiger partial charge in [-0.15, -0.1) is 0 Å². The third kappa shape index (κ3) is 2.76. The number of nitrogens with zero attached hydrogens (tertiary/aromatic N) is 4. The first-order chi connectivity index (χ1) is 12.5. The molecule has 0 N–H and O–H groups in total. The Morgan fingerprint density at radius 2 is 1.81 bits per heavy atom. The van der Waals surface area contributed by atoms with E-state index in [-0.39, 0.29) is 12.1 Å². The Morgan fingerprint density at radius 3 is 2.58 bits per heavy atom. The Labute approximate surface area is 152 Å². The number of carbonyl (C=O) groups is 1. The molecule has 0 bridgehead atoms. The van der Waals surface area contributed by atoms with E-state index in [4.69, 9.17) is 0 Å². The van der Waals surface area contributed by atoms with Crippen LogP contribution in [0.3, 0.4) is 0 Å². The molecular weight excluding hydrogens is 348 g/mol. The SMILES string of the molecule is Cc1nn(CC(=O)N=c2sc3ccccc3n2C)c(=O)c2ccccc12. The van der Waals surface area contributed by atoms with Crippen molar-refractivity contribution in [3.8, 4) is 0 Å². The molecule has 4 aromatic rings. The number of para-hydroxylation sites is 1. The maximum Gasteiger partial charge on any atom is 0.275 e. The highest BCUT2D eigenvalue weighted by atomic mass is 32.1. The number of hydrogen-bond acceptors (Lipinski definition) is 4. The van der Waals surface area contributed by atoms with Gasteiger partial charge in [0.15, 0.2) is 4.80 Å². The highest BCUT2D eigenvalue weighted by Crippen LogP contribution is 2.15. The van der Waals surface area contributed by atoms with Gasteiger partial charge in [0.1, 0.15) is 6.54 Å². The van der Waals surface area contributed by atoms with Crippen molar-refractivity contribution in [1.82, 2.24) is 14.3 Å². The van der Waals surface area contributed by atoms with Gasteiger partial charge in [-0.1, -0.05) is 41.7 Å². The van der Waals surface area contributed by atoms with Crippen molar-refractivity contribution in [2.24, 2.45) is 12.0 Å². The van der Waals surface area contributed by atoms with Crippen molar-refractivity contribution in [1.29, 1.82) is 0 Å². The summed E-state index contributed by atoms with van der Waals surface area (Å²) in [6.45, 7) is 1.64. The van der Waals surface area contributed by atoms with Gasteiger partial charge in [-0.3, -0.25) is 9.59 Å². The van der Waals surface area contributed by atoms with Crippen molar-refractivity contribution < 1.29 is 4.79 Å². The molecule has 0 radical (unpaired) electrons. The van der Waals surface area contributed by atoms with Crippen LogP contribution >= 0.6 is 11.3 Å². The maximum absolute atomic E-state index is 12.6. The van der Waals surface area contributed by atoms with Crippen molar-refractivity contribution in [2.75, 3.05) is 0 Å². The Hall–Kier alpha value is -3.06. The van der Waals surface area contributed by atoms with Crippen LogP contribution in [-0.4, -0.2) is 20.3 Å². The monoisotopic (exact) mass is 364 g/mol. The molecule has 4 rings (SSSR count). The van der Waals surface area contributed by atoms with E-state index < -0.39 is 5.91 Å². The van der Waals surface area contributed by atoms with Gasteiger partial charge in [0, 0.05) is 12.4 Å². The third-order valence-electron chi connectivity index (χ3n) is 4.27. The number of rotatable bonds is 2. The predicted molar refractivity (Wildman–Crippen MR) is 102 cm³/mol. The van der Waals surface area contributed by atoms with Crippen molar-refractivity contribution in [3.05, 3.63) is 69.4 Å². The van der Waals surface area contributed by atoms with Crippen LogP contribution in [0.4, 0.5) is 0 Å². The highest BCUT2D eigenvalue weighted by Gasteiger charge is 2.11. The van der Waals surface area contributed by atoms with Gasteiger partial charge in [0.25, 0.3) is 11.5 Å². The van der Waals surface area contributed by atoms with E-state index >= 15 is 0 Å². The first kappa shape index (κ1) is 16.4. The molecule has 0 atom stereocenters. The molecule has 130 valence electrons. The van der Waals surface area contributed by atoms with Gasteiger partial charge >= 0.3 is 0 Å². The number of aryl methyl sites for hydroxylation is 2. The molecule has 7 heteroatoms. The fraction of sp³-hybridized carbons (Fsp3) is 0.158. The number of amides is 1. The molecule has 26 heavy (non-hydrogen) atoms. The summed E-state index contributed by atoms with van der Waals surface area (Å²) in [5, 5.41) is 5.62.